The Morgan fingerprint density at radius 2 is 1.90 bits per heavy atom. The van der Waals surface area contributed by atoms with Gasteiger partial charge in [0, 0.05) is 5.69 Å². The Labute approximate surface area is 121 Å². The van der Waals surface area contributed by atoms with Crippen molar-refractivity contribution in [3.8, 4) is 11.8 Å². The van der Waals surface area contributed by atoms with Crippen LogP contribution in [0.15, 0.2) is 24.3 Å². The zero-order valence-electron chi connectivity index (χ0n) is 12.9. The maximum atomic E-state index is 9.72. The van der Waals surface area contributed by atoms with E-state index in [4.69, 9.17) is 4.74 Å². The summed E-state index contributed by atoms with van der Waals surface area (Å²) in [4.78, 5) is 0. The van der Waals surface area contributed by atoms with Crippen LogP contribution in [0.25, 0.3) is 0 Å². The molecular formula is C17H24N2O. The van der Waals surface area contributed by atoms with Gasteiger partial charge in [-0.1, -0.05) is 20.8 Å². The summed E-state index contributed by atoms with van der Waals surface area (Å²) in [5, 5.41) is 13.2. The van der Waals surface area contributed by atoms with Gasteiger partial charge in [-0.15, -0.1) is 0 Å². The van der Waals surface area contributed by atoms with Crippen molar-refractivity contribution in [3.63, 3.8) is 0 Å². The van der Waals surface area contributed by atoms with Gasteiger partial charge in [0.25, 0.3) is 0 Å². The number of rotatable bonds is 3. The molecule has 2 atom stereocenters. The maximum absolute atomic E-state index is 9.72. The number of nitriles is 1. The van der Waals surface area contributed by atoms with Gasteiger partial charge < -0.3 is 10.1 Å². The lowest BCUT2D eigenvalue weighted by atomic mass is 9.64. The third kappa shape index (κ3) is 3.25. The lowest BCUT2D eigenvalue weighted by Gasteiger charge is -2.44. The molecule has 0 amide bonds. The summed E-state index contributed by atoms with van der Waals surface area (Å²) >= 11 is 0. The number of ether oxygens (including phenoxy) is 1. The van der Waals surface area contributed by atoms with Crippen LogP contribution in [0.4, 0.5) is 5.69 Å². The topological polar surface area (TPSA) is 45.0 Å². The van der Waals surface area contributed by atoms with E-state index in [0.29, 0.717) is 5.92 Å². The van der Waals surface area contributed by atoms with Crippen LogP contribution < -0.4 is 10.1 Å². The molecule has 0 saturated heterocycles. The fourth-order valence-corrected chi connectivity index (χ4v) is 3.73. The first-order valence-corrected chi connectivity index (χ1v) is 7.22. The van der Waals surface area contributed by atoms with Crippen molar-refractivity contribution < 1.29 is 4.74 Å². The van der Waals surface area contributed by atoms with Crippen molar-refractivity contribution in [2.75, 3.05) is 12.4 Å². The molecule has 1 aliphatic carbocycles. The van der Waals surface area contributed by atoms with Crippen LogP contribution in [-0.2, 0) is 0 Å². The van der Waals surface area contributed by atoms with Gasteiger partial charge in [0.05, 0.1) is 13.2 Å². The van der Waals surface area contributed by atoms with Crippen molar-refractivity contribution in [3.05, 3.63) is 24.3 Å². The second-order valence-electron chi connectivity index (χ2n) is 6.90. The molecule has 3 heteroatoms. The van der Waals surface area contributed by atoms with Crippen molar-refractivity contribution >= 4 is 5.69 Å². The van der Waals surface area contributed by atoms with Crippen molar-refractivity contribution in [2.24, 2.45) is 11.3 Å². The molecule has 108 valence electrons. The van der Waals surface area contributed by atoms with E-state index in [2.05, 4.69) is 32.2 Å². The van der Waals surface area contributed by atoms with Crippen molar-refractivity contribution in [1.82, 2.24) is 0 Å². The molecule has 0 radical (unpaired) electrons. The van der Waals surface area contributed by atoms with Gasteiger partial charge in [0.1, 0.15) is 11.3 Å². The highest BCUT2D eigenvalue weighted by Gasteiger charge is 2.43. The normalized spacial score (nSPS) is 28.4. The number of benzene rings is 1. The van der Waals surface area contributed by atoms with Gasteiger partial charge in [-0.05, 0) is 54.9 Å². The zero-order chi connectivity index (χ0) is 14.8. The highest BCUT2D eigenvalue weighted by Crippen LogP contribution is 2.45. The summed E-state index contributed by atoms with van der Waals surface area (Å²) in [5.41, 5.74) is 0.722. The standard InChI is InChI=1S/C17H24N2O/c1-13-9-16(2,3)11-17(10-13,12-18)19-14-5-7-15(20-4)8-6-14/h5-8,13,19H,9-11H2,1-4H3. The van der Waals surface area contributed by atoms with Crippen LogP contribution in [0.5, 0.6) is 5.75 Å². The van der Waals surface area contributed by atoms with Crippen LogP contribution >= 0.6 is 0 Å². The summed E-state index contributed by atoms with van der Waals surface area (Å²) in [6, 6.07) is 10.3. The summed E-state index contributed by atoms with van der Waals surface area (Å²) in [5.74, 6) is 1.39. The van der Waals surface area contributed by atoms with Crippen LogP contribution in [0.1, 0.15) is 40.0 Å². The van der Waals surface area contributed by atoms with Crippen molar-refractivity contribution in [1.29, 1.82) is 5.26 Å². The lowest BCUT2D eigenvalue weighted by molar-refractivity contribution is 0.149. The first-order chi connectivity index (χ1) is 9.38. The number of anilines is 1. The van der Waals surface area contributed by atoms with Gasteiger partial charge in [0.2, 0.25) is 0 Å². The van der Waals surface area contributed by atoms with E-state index in [1.54, 1.807) is 7.11 Å². The third-order valence-corrected chi connectivity index (χ3v) is 4.07. The van der Waals surface area contributed by atoms with E-state index in [9.17, 15) is 5.26 Å². The average molecular weight is 272 g/mol. The molecule has 3 nitrogen and oxygen atoms in total. The zero-order valence-corrected chi connectivity index (χ0v) is 12.9. The van der Waals surface area contributed by atoms with E-state index in [-0.39, 0.29) is 5.41 Å². The van der Waals surface area contributed by atoms with E-state index in [1.807, 2.05) is 24.3 Å². The Morgan fingerprint density at radius 1 is 1.25 bits per heavy atom. The molecule has 1 aliphatic rings. The van der Waals surface area contributed by atoms with Gasteiger partial charge in [-0.25, -0.2) is 0 Å². The average Bonchev–Trinajstić information content (AvgIpc) is 2.37. The summed E-state index contributed by atoms with van der Waals surface area (Å²) in [7, 11) is 1.66. The van der Waals surface area contributed by atoms with E-state index in [0.717, 1.165) is 24.3 Å². The molecule has 0 aliphatic heterocycles. The Balaban J connectivity index is 2.20. The Bertz CT molecular complexity index is 501. The minimum atomic E-state index is -0.463. The van der Waals surface area contributed by atoms with E-state index < -0.39 is 5.54 Å². The van der Waals surface area contributed by atoms with Gasteiger partial charge >= 0.3 is 0 Å². The molecule has 1 aromatic rings. The Morgan fingerprint density at radius 3 is 2.40 bits per heavy atom. The number of methoxy groups -OCH3 is 1. The lowest BCUT2D eigenvalue weighted by Crippen LogP contribution is -2.46. The maximum Gasteiger partial charge on any atom is 0.126 e. The first-order valence-electron chi connectivity index (χ1n) is 7.22. The smallest absolute Gasteiger partial charge is 0.126 e. The minimum Gasteiger partial charge on any atom is -0.497 e. The number of nitrogens with one attached hydrogen (secondary N) is 1. The molecule has 1 aromatic carbocycles. The number of hydrogen-bond donors (Lipinski definition) is 1. The quantitative estimate of drug-likeness (QED) is 0.896. The van der Waals surface area contributed by atoms with Crippen LogP contribution in [0.3, 0.4) is 0 Å². The molecule has 2 rings (SSSR count). The molecule has 0 bridgehead atoms. The predicted molar refractivity (Wildman–Crippen MR) is 81.8 cm³/mol. The van der Waals surface area contributed by atoms with Crippen molar-refractivity contribution in [2.45, 2.75) is 45.6 Å². The molecule has 2 unspecified atom stereocenters. The van der Waals surface area contributed by atoms with E-state index >= 15 is 0 Å². The highest BCUT2D eigenvalue weighted by atomic mass is 16.5. The fourth-order valence-electron chi connectivity index (χ4n) is 3.73. The molecular weight excluding hydrogens is 248 g/mol. The fraction of sp³-hybridized carbons (Fsp3) is 0.588. The summed E-state index contributed by atoms with van der Waals surface area (Å²) in [6.07, 6.45) is 2.96. The third-order valence-electron chi connectivity index (χ3n) is 4.07. The molecule has 0 aromatic heterocycles. The second-order valence-corrected chi connectivity index (χ2v) is 6.90. The van der Waals surface area contributed by atoms with Crippen LogP contribution in [0.2, 0.25) is 0 Å². The van der Waals surface area contributed by atoms with Gasteiger partial charge in [-0.3, -0.25) is 0 Å². The molecule has 1 fully saturated rings. The highest BCUT2D eigenvalue weighted by molar-refractivity contribution is 5.50. The molecule has 1 saturated carbocycles. The largest absolute Gasteiger partial charge is 0.497 e. The second kappa shape index (κ2) is 5.36. The van der Waals surface area contributed by atoms with Gasteiger partial charge in [-0.2, -0.15) is 5.26 Å². The van der Waals surface area contributed by atoms with Gasteiger partial charge in [0.15, 0.2) is 0 Å². The first kappa shape index (κ1) is 14.7. The molecule has 0 heterocycles. The summed E-state index contributed by atoms with van der Waals surface area (Å²) in [6.45, 7) is 6.75. The minimum absolute atomic E-state index is 0.201. The Kier molecular flexibility index (Phi) is 3.94. The summed E-state index contributed by atoms with van der Waals surface area (Å²) < 4.78 is 5.17. The molecule has 20 heavy (non-hydrogen) atoms. The van der Waals surface area contributed by atoms with E-state index in [1.165, 1.54) is 6.42 Å². The SMILES string of the molecule is COc1ccc(NC2(C#N)CC(C)CC(C)(C)C2)cc1. The number of hydrogen-bond acceptors (Lipinski definition) is 3. The van der Waals surface area contributed by atoms with Crippen LogP contribution in [-0.4, -0.2) is 12.6 Å². The Hall–Kier alpha value is -1.69. The molecule has 0 spiro atoms. The predicted octanol–water partition coefficient (Wildman–Crippen LogP) is 4.22. The van der Waals surface area contributed by atoms with Crippen LogP contribution in [0, 0.1) is 22.7 Å². The molecule has 1 N–H and O–H groups in total. The monoisotopic (exact) mass is 272 g/mol. The number of nitrogens with zero attached hydrogens (tertiary/aromatic N) is 1.